The molecular formula is C19H25N3O3. The van der Waals surface area contributed by atoms with E-state index in [9.17, 15) is 4.79 Å². The largest absolute Gasteiger partial charge is 0.422 e. The second-order valence-corrected chi connectivity index (χ2v) is 6.52. The average molecular weight is 343 g/mol. The summed E-state index contributed by atoms with van der Waals surface area (Å²) in [5, 5.41) is 4.27. The molecule has 3 rings (SSSR count). The summed E-state index contributed by atoms with van der Waals surface area (Å²) in [6.07, 6.45) is 0.112. The van der Waals surface area contributed by atoms with E-state index in [0.29, 0.717) is 12.4 Å². The van der Waals surface area contributed by atoms with Crippen molar-refractivity contribution < 1.29 is 14.3 Å². The molecule has 0 N–H and O–H groups in total. The number of carbonyl (C=O) groups excluding carboxylic acids is 1. The maximum absolute atomic E-state index is 12.3. The van der Waals surface area contributed by atoms with Gasteiger partial charge in [0.2, 0.25) is 0 Å². The van der Waals surface area contributed by atoms with E-state index in [1.165, 1.54) is 5.56 Å². The van der Waals surface area contributed by atoms with Crippen molar-refractivity contribution in [3.05, 3.63) is 47.3 Å². The molecule has 1 aliphatic rings. The second kappa shape index (κ2) is 7.80. The highest BCUT2D eigenvalue weighted by molar-refractivity contribution is 5.73. The molecule has 0 amide bonds. The first-order valence-corrected chi connectivity index (χ1v) is 8.61. The van der Waals surface area contributed by atoms with E-state index in [1.807, 2.05) is 39.1 Å². The Kier molecular flexibility index (Phi) is 5.50. The van der Waals surface area contributed by atoms with Crippen LogP contribution in [0.4, 0.5) is 0 Å². The van der Waals surface area contributed by atoms with Gasteiger partial charge in [0.05, 0.1) is 24.8 Å². The van der Waals surface area contributed by atoms with Crippen LogP contribution in [0.5, 0.6) is 5.75 Å². The van der Waals surface area contributed by atoms with E-state index >= 15 is 0 Å². The van der Waals surface area contributed by atoms with Crippen molar-refractivity contribution in [3.63, 3.8) is 0 Å². The normalized spacial score (nSPS) is 18.3. The van der Waals surface area contributed by atoms with Crippen LogP contribution in [-0.4, -0.2) is 46.5 Å². The lowest BCUT2D eigenvalue weighted by Crippen LogP contribution is -2.43. The molecule has 1 aromatic heterocycles. The van der Waals surface area contributed by atoms with Crippen LogP contribution in [0.25, 0.3) is 0 Å². The van der Waals surface area contributed by atoms with Crippen molar-refractivity contribution in [1.29, 1.82) is 0 Å². The fourth-order valence-corrected chi connectivity index (χ4v) is 3.13. The molecule has 6 nitrogen and oxygen atoms in total. The molecule has 0 bridgehead atoms. The molecule has 0 aliphatic carbocycles. The van der Waals surface area contributed by atoms with Gasteiger partial charge in [-0.05, 0) is 19.4 Å². The number of morpholine rings is 1. The number of hydrogen-bond donors (Lipinski definition) is 0. The maximum atomic E-state index is 12.3. The lowest BCUT2D eigenvalue weighted by Gasteiger charge is -2.32. The first kappa shape index (κ1) is 17.6. The first-order chi connectivity index (χ1) is 12.0. The van der Waals surface area contributed by atoms with E-state index in [2.05, 4.69) is 22.1 Å². The minimum Gasteiger partial charge on any atom is -0.422 e. The zero-order valence-corrected chi connectivity index (χ0v) is 15.1. The second-order valence-electron chi connectivity index (χ2n) is 6.52. The fourth-order valence-electron chi connectivity index (χ4n) is 3.13. The van der Waals surface area contributed by atoms with Gasteiger partial charge in [0.15, 0.2) is 5.75 Å². The lowest BCUT2D eigenvalue weighted by molar-refractivity contribution is -0.139. The van der Waals surface area contributed by atoms with Crippen molar-refractivity contribution in [2.45, 2.75) is 32.9 Å². The quantitative estimate of drug-likeness (QED) is 0.779. The summed E-state index contributed by atoms with van der Waals surface area (Å²) >= 11 is 0. The number of benzene rings is 1. The highest BCUT2D eigenvalue weighted by Gasteiger charge is 2.25. The zero-order chi connectivity index (χ0) is 17.8. The number of carbonyl (C=O) groups is 1. The van der Waals surface area contributed by atoms with Gasteiger partial charge >= 0.3 is 5.97 Å². The lowest BCUT2D eigenvalue weighted by atomic mass is 10.1. The Hall–Kier alpha value is -2.18. The van der Waals surface area contributed by atoms with Gasteiger partial charge in [-0.1, -0.05) is 30.3 Å². The van der Waals surface area contributed by atoms with Gasteiger partial charge in [-0.25, -0.2) is 0 Å². The Balaban J connectivity index is 1.54. The van der Waals surface area contributed by atoms with Gasteiger partial charge in [-0.15, -0.1) is 0 Å². The zero-order valence-electron chi connectivity index (χ0n) is 15.1. The summed E-state index contributed by atoms with van der Waals surface area (Å²) in [5.41, 5.74) is 2.84. The maximum Gasteiger partial charge on any atom is 0.314 e. The third-order valence-electron chi connectivity index (χ3n) is 4.52. The van der Waals surface area contributed by atoms with Crippen LogP contribution in [-0.2, 0) is 23.1 Å². The summed E-state index contributed by atoms with van der Waals surface area (Å²) in [7, 11) is 1.84. The summed E-state index contributed by atoms with van der Waals surface area (Å²) in [5.74, 6) is 0.287. The van der Waals surface area contributed by atoms with Gasteiger partial charge in [0, 0.05) is 26.7 Å². The predicted octanol–water partition coefficient (Wildman–Crippen LogP) is 2.23. The summed E-state index contributed by atoms with van der Waals surface area (Å²) < 4.78 is 13.0. The average Bonchev–Trinajstić information content (AvgIpc) is 2.82. The van der Waals surface area contributed by atoms with Gasteiger partial charge in [-0.2, -0.15) is 5.10 Å². The Morgan fingerprint density at radius 2 is 2.08 bits per heavy atom. The molecule has 0 saturated carbocycles. The Morgan fingerprint density at radius 1 is 1.32 bits per heavy atom. The highest BCUT2D eigenvalue weighted by Crippen LogP contribution is 2.22. The minimum absolute atomic E-state index is 0.137. The van der Waals surface area contributed by atoms with Crippen molar-refractivity contribution in [2.24, 2.45) is 7.05 Å². The molecule has 1 fully saturated rings. The number of hydrogen-bond acceptors (Lipinski definition) is 5. The van der Waals surface area contributed by atoms with E-state index in [4.69, 9.17) is 9.47 Å². The molecule has 0 spiro atoms. The van der Waals surface area contributed by atoms with E-state index < -0.39 is 0 Å². The smallest absolute Gasteiger partial charge is 0.314 e. The Morgan fingerprint density at radius 3 is 2.76 bits per heavy atom. The topological polar surface area (TPSA) is 56.6 Å². The SMILES string of the molecule is Cc1nn(C)c(C)c1OC(=O)CC1CN(Cc2ccccc2)CCO1. The molecule has 1 saturated heterocycles. The number of rotatable bonds is 5. The number of nitrogens with zero attached hydrogens (tertiary/aromatic N) is 3. The van der Waals surface area contributed by atoms with Gasteiger partial charge in [0.1, 0.15) is 5.69 Å². The van der Waals surface area contributed by atoms with E-state index in [-0.39, 0.29) is 18.5 Å². The molecule has 134 valence electrons. The number of aryl methyl sites for hydroxylation is 2. The van der Waals surface area contributed by atoms with Gasteiger partial charge < -0.3 is 9.47 Å². The molecule has 1 aromatic carbocycles. The third kappa shape index (κ3) is 4.46. The molecule has 1 aliphatic heterocycles. The Bertz CT molecular complexity index is 727. The van der Waals surface area contributed by atoms with Crippen LogP contribution in [0, 0.1) is 13.8 Å². The third-order valence-corrected chi connectivity index (χ3v) is 4.52. The molecule has 1 atom stereocenters. The Labute approximate surface area is 148 Å². The van der Waals surface area contributed by atoms with Gasteiger partial charge in [0.25, 0.3) is 0 Å². The molecule has 1 unspecified atom stereocenters. The van der Waals surface area contributed by atoms with Crippen LogP contribution in [0.2, 0.25) is 0 Å². The van der Waals surface area contributed by atoms with Crippen molar-refractivity contribution in [1.82, 2.24) is 14.7 Å². The summed E-state index contributed by atoms with van der Waals surface area (Å²) in [4.78, 5) is 14.6. The summed E-state index contributed by atoms with van der Waals surface area (Å²) in [6, 6.07) is 10.3. The molecule has 6 heteroatoms. The van der Waals surface area contributed by atoms with Crippen molar-refractivity contribution in [3.8, 4) is 5.75 Å². The molecular weight excluding hydrogens is 318 g/mol. The number of aromatic nitrogens is 2. The predicted molar refractivity (Wildman–Crippen MR) is 94.4 cm³/mol. The molecule has 2 heterocycles. The standard InChI is InChI=1S/C19H25N3O3/c1-14-19(15(2)21(3)20-14)25-18(23)11-17-13-22(9-10-24-17)12-16-7-5-4-6-8-16/h4-8,17H,9-13H2,1-3H3. The van der Waals surface area contributed by atoms with E-state index in [0.717, 1.165) is 31.0 Å². The monoisotopic (exact) mass is 343 g/mol. The molecule has 25 heavy (non-hydrogen) atoms. The first-order valence-electron chi connectivity index (χ1n) is 8.61. The van der Waals surface area contributed by atoms with Crippen LogP contribution >= 0.6 is 0 Å². The molecule has 2 aromatic rings. The van der Waals surface area contributed by atoms with Crippen molar-refractivity contribution in [2.75, 3.05) is 19.7 Å². The van der Waals surface area contributed by atoms with Gasteiger partial charge in [-0.3, -0.25) is 14.4 Å². The molecule has 0 radical (unpaired) electrons. The number of esters is 1. The fraction of sp³-hybridized carbons (Fsp3) is 0.474. The van der Waals surface area contributed by atoms with Crippen LogP contribution in [0.15, 0.2) is 30.3 Å². The number of ether oxygens (including phenoxy) is 2. The van der Waals surface area contributed by atoms with Crippen LogP contribution in [0.1, 0.15) is 23.4 Å². The highest BCUT2D eigenvalue weighted by atomic mass is 16.5. The van der Waals surface area contributed by atoms with Crippen molar-refractivity contribution >= 4 is 5.97 Å². The summed E-state index contributed by atoms with van der Waals surface area (Å²) in [6.45, 7) is 6.85. The van der Waals surface area contributed by atoms with Crippen LogP contribution < -0.4 is 4.74 Å². The van der Waals surface area contributed by atoms with Crippen LogP contribution in [0.3, 0.4) is 0 Å². The van der Waals surface area contributed by atoms with E-state index in [1.54, 1.807) is 4.68 Å². The minimum atomic E-state index is -0.272.